The molecule has 3 aromatic rings. The van der Waals surface area contributed by atoms with Crippen LogP contribution in [0.3, 0.4) is 0 Å². The van der Waals surface area contributed by atoms with E-state index in [2.05, 4.69) is 5.32 Å². The number of hydrogen-bond acceptors (Lipinski definition) is 6. The van der Waals surface area contributed by atoms with E-state index in [0.29, 0.717) is 11.3 Å². The number of carboxylic acid groups (broad SMARTS) is 1. The zero-order valence-electron chi connectivity index (χ0n) is 16.2. The normalized spacial score (nSPS) is 13.6. The van der Waals surface area contributed by atoms with Gasteiger partial charge in [-0.1, -0.05) is 30.3 Å². The second-order valence-corrected chi connectivity index (χ2v) is 7.28. The van der Waals surface area contributed by atoms with Crippen molar-refractivity contribution >= 4 is 22.8 Å². The van der Waals surface area contributed by atoms with Crippen molar-refractivity contribution in [1.29, 1.82) is 0 Å². The van der Waals surface area contributed by atoms with E-state index in [1.165, 1.54) is 0 Å². The molecular weight excluding hydrogens is 386 g/mol. The number of carbonyl (C=O) groups excluding carboxylic acids is 2. The van der Waals surface area contributed by atoms with Crippen molar-refractivity contribution in [1.82, 2.24) is 5.32 Å². The Morgan fingerprint density at radius 2 is 1.87 bits per heavy atom. The number of carboxylic acids is 1. The first-order chi connectivity index (χ1) is 14.5. The van der Waals surface area contributed by atoms with Crippen LogP contribution in [0.1, 0.15) is 23.1 Å². The number of hydrogen-bond donors (Lipinski definition) is 1. The molecule has 1 aliphatic carbocycles. The van der Waals surface area contributed by atoms with Gasteiger partial charge in [0.05, 0.1) is 12.0 Å². The van der Waals surface area contributed by atoms with Gasteiger partial charge in [0.2, 0.25) is 0 Å². The number of carbonyl (C=O) groups is 2. The topological polar surface area (TPSA) is 109 Å². The largest absolute Gasteiger partial charge is 0.548 e. The van der Waals surface area contributed by atoms with Gasteiger partial charge in [-0.15, -0.1) is 0 Å². The molecule has 0 saturated heterocycles. The Bertz CT molecular complexity index is 1150. The molecule has 30 heavy (non-hydrogen) atoms. The number of benzene rings is 2. The summed E-state index contributed by atoms with van der Waals surface area (Å²) in [5, 5.41) is 14.7. The maximum Gasteiger partial charge on any atom is 0.339 e. The lowest BCUT2D eigenvalue weighted by atomic mass is 10.1. The molecule has 1 aliphatic rings. The zero-order chi connectivity index (χ0) is 21.1. The van der Waals surface area contributed by atoms with E-state index in [9.17, 15) is 19.5 Å². The average Bonchev–Trinajstić information content (AvgIpc) is 3.23. The first-order valence-electron chi connectivity index (χ1n) is 9.77. The predicted molar refractivity (Wildman–Crippen MR) is 107 cm³/mol. The SMILES string of the molecule is O=C(COc1ccc2c3c(c(=O)oc2c1)CCC3)N[C@H](Cc1ccccc1)C(=O)[O-]. The van der Waals surface area contributed by atoms with E-state index in [1.54, 1.807) is 36.4 Å². The Kier molecular flexibility index (Phi) is 5.52. The molecule has 0 radical (unpaired) electrons. The van der Waals surface area contributed by atoms with Gasteiger partial charge in [-0.25, -0.2) is 4.79 Å². The van der Waals surface area contributed by atoms with Crippen molar-refractivity contribution in [3.63, 3.8) is 0 Å². The molecule has 0 saturated carbocycles. The van der Waals surface area contributed by atoms with Crippen LogP contribution in [0.5, 0.6) is 5.75 Å². The van der Waals surface area contributed by atoms with Crippen LogP contribution < -0.4 is 20.8 Å². The quantitative estimate of drug-likeness (QED) is 0.590. The summed E-state index contributed by atoms with van der Waals surface area (Å²) in [4.78, 5) is 35.7. The number of nitrogens with one attached hydrogen (secondary N) is 1. The van der Waals surface area contributed by atoms with Crippen molar-refractivity contribution < 1.29 is 23.8 Å². The summed E-state index contributed by atoms with van der Waals surface area (Å²) in [6, 6.07) is 12.9. The highest BCUT2D eigenvalue weighted by molar-refractivity contribution is 5.85. The molecule has 154 valence electrons. The Morgan fingerprint density at radius 1 is 1.10 bits per heavy atom. The highest BCUT2D eigenvalue weighted by Gasteiger charge is 2.20. The van der Waals surface area contributed by atoms with Crippen LogP contribution in [0.4, 0.5) is 0 Å². The van der Waals surface area contributed by atoms with Gasteiger partial charge in [-0.2, -0.15) is 0 Å². The molecule has 0 aliphatic heterocycles. The van der Waals surface area contributed by atoms with Crippen LogP contribution in [-0.4, -0.2) is 24.5 Å². The minimum Gasteiger partial charge on any atom is -0.548 e. The second kappa shape index (κ2) is 8.41. The molecule has 1 aromatic heterocycles. The molecule has 7 heteroatoms. The first kappa shape index (κ1) is 19.7. The third kappa shape index (κ3) is 4.20. The standard InChI is InChI=1S/C23H21NO6/c25-21(24-19(22(26)27)11-14-5-2-1-3-6-14)13-29-15-9-10-17-16-7-4-8-18(16)23(28)30-20(17)12-15/h1-3,5-6,9-10,12,19H,4,7-8,11,13H2,(H,24,25)(H,26,27)/p-1/t19-/m1/s1. The summed E-state index contributed by atoms with van der Waals surface area (Å²) in [5.74, 6) is -1.60. The molecule has 0 fully saturated rings. The Hall–Kier alpha value is -3.61. The van der Waals surface area contributed by atoms with Gasteiger partial charge in [0.15, 0.2) is 6.61 Å². The molecule has 1 heterocycles. The number of fused-ring (bicyclic) bond motifs is 3. The number of amides is 1. The molecule has 2 aromatic carbocycles. The fourth-order valence-corrected chi connectivity index (χ4v) is 3.78. The lowest BCUT2D eigenvalue weighted by molar-refractivity contribution is -0.308. The molecule has 1 N–H and O–H groups in total. The highest BCUT2D eigenvalue weighted by atomic mass is 16.5. The van der Waals surface area contributed by atoms with E-state index < -0.39 is 17.9 Å². The van der Waals surface area contributed by atoms with E-state index in [1.807, 2.05) is 12.1 Å². The molecule has 1 atom stereocenters. The molecule has 4 rings (SSSR count). The predicted octanol–water partition coefficient (Wildman–Crippen LogP) is 1.14. The van der Waals surface area contributed by atoms with Crippen molar-refractivity contribution in [3.8, 4) is 5.75 Å². The molecule has 0 unspecified atom stereocenters. The lowest BCUT2D eigenvalue weighted by Crippen LogP contribution is -2.50. The summed E-state index contributed by atoms with van der Waals surface area (Å²) < 4.78 is 10.9. The fraction of sp³-hybridized carbons (Fsp3) is 0.261. The molecular formula is C23H20NO6-. The van der Waals surface area contributed by atoms with Crippen LogP contribution in [0.15, 0.2) is 57.7 Å². The van der Waals surface area contributed by atoms with Crippen LogP contribution in [0, 0.1) is 0 Å². The van der Waals surface area contributed by atoms with E-state index in [0.717, 1.165) is 41.3 Å². The van der Waals surface area contributed by atoms with E-state index in [-0.39, 0.29) is 18.7 Å². The van der Waals surface area contributed by atoms with Crippen molar-refractivity contribution in [2.75, 3.05) is 6.61 Å². The first-order valence-corrected chi connectivity index (χ1v) is 9.77. The Labute approximate surface area is 172 Å². The molecule has 0 bridgehead atoms. The van der Waals surface area contributed by atoms with Crippen LogP contribution >= 0.6 is 0 Å². The summed E-state index contributed by atoms with van der Waals surface area (Å²) >= 11 is 0. The van der Waals surface area contributed by atoms with Crippen LogP contribution in [-0.2, 0) is 28.9 Å². The summed E-state index contributed by atoms with van der Waals surface area (Å²) in [6.45, 7) is -0.376. The highest BCUT2D eigenvalue weighted by Crippen LogP contribution is 2.29. The number of aryl methyl sites for hydroxylation is 1. The number of aliphatic carboxylic acids is 1. The van der Waals surface area contributed by atoms with Gasteiger partial charge < -0.3 is 24.4 Å². The van der Waals surface area contributed by atoms with Crippen molar-refractivity contribution in [2.45, 2.75) is 31.7 Å². The zero-order valence-corrected chi connectivity index (χ0v) is 16.2. The third-order valence-electron chi connectivity index (χ3n) is 5.22. The average molecular weight is 406 g/mol. The van der Waals surface area contributed by atoms with Gasteiger partial charge in [0.1, 0.15) is 11.3 Å². The number of ether oxygens (including phenoxy) is 1. The van der Waals surface area contributed by atoms with Crippen LogP contribution in [0.25, 0.3) is 11.0 Å². The van der Waals surface area contributed by atoms with Gasteiger partial charge in [-0.05, 0) is 48.9 Å². The molecule has 1 amide bonds. The number of rotatable bonds is 7. The second-order valence-electron chi connectivity index (χ2n) is 7.28. The summed E-state index contributed by atoms with van der Waals surface area (Å²) in [7, 11) is 0. The smallest absolute Gasteiger partial charge is 0.339 e. The maximum absolute atomic E-state index is 12.2. The van der Waals surface area contributed by atoms with Gasteiger partial charge in [0.25, 0.3) is 5.91 Å². The summed E-state index contributed by atoms with van der Waals surface area (Å²) in [6.07, 6.45) is 2.61. The molecule has 0 spiro atoms. The summed E-state index contributed by atoms with van der Waals surface area (Å²) in [5.41, 5.74) is 2.61. The Morgan fingerprint density at radius 3 is 2.63 bits per heavy atom. The minimum absolute atomic E-state index is 0.112. The monoisotopic (exact) mass is 406 g/mol. The minimum atomic E-state index is -1.37. The van der Waals surface area contributed by atoms with Gasteiger partial charge >= 0.3 is 5.63 Å². The fourth-order valence-electron chi connectivity index (χ4n) is 3.78. The van der Waals surface area contributed by atoms with Crippen molar-refractivity contribution in [2.24, 2.45) is 0 Å². The van der Waals surface area contributed by atoms with Gasteiger partial charge in [0, 0.05) is 17.0 Å². The van der Waals surface area contributed by atoms with E-state index in [4.69, 9.17) is 9.15 Å². The molecule has 7 nitrogen and oxygen atoms in total. The van der Waals surface area contributed by atoms with Gasteiger partial charge in [-0.3, -0.25) is 4.79 Å². The van der Waals surface area contributed by atoms with Crippen molar-refractivity contribution in [3.05, 3.63) is 75.6 Å². The van der Waals surface area contributed by atoms with E-state index >= 15 is 0 Å². The lowest BCUT2D eigenvalue weighted by Gasteiger charge is -2.20. The Balaban J connectivity index is 1.41. The maximum atomic E-state index is 12.2. The van der Waals surface area contributed by atoms with Crippen LogP contribution in [0.2, 0.25) is 0 Å². The third-order valence-corrected chi connectivity index (χ3v) is 5.22.